The van der Waals surface area contributed by atoms with E-state index in [9.17, 15) is 9.59 Å². The zero-order chi connectivity index (χ0) is 24.6. The molecule has 1 saturated carbocycles. The fraction of sp³-hybridized carbons (Fsp3) is 0.414. The lowest BCUT2D eigenvalue weighted by Crippen LogP contribution is -2.47. The first-order valence-corrected chi connectivity index (χ1v) is 13.6. The summed E-state index contributed by atoms with van der Waals surface area (Å²) in [7, 11) is 0. The van der Waals surface area contributed by atoms with Gasteiger partial charge in [-0.05, 0) is 60.4 Å². The van der Waals surface area contributed by atoms with Gasteiger partial charge in [0.2, 0.25) is 11.8 Å². The molecule has 2 heterocycles. The molecule has 0 aliphatic heterocycles. The number of nitrogens with zero attached hydrogens (tertiary/aromatic N) is 2. The monoisotopic (exact) mass is 489 g/mol. The van der Waals surface area contributed by atoms with Crippen molar-refractivity contribution < 1.29 is 9.59 Å². The minimum Gasteiger partial charge on any atom is -0.351 e. The maximum Gasteiger partial charge on any atom is 0.248 e. The lowest BCUT2D eigenvalue weighted by Gasteiger charge is -2.33. The van der Waals surface area contributed by atoms with Gasteiger partial charge >= 0.3 is 0 Å². The Bertz CT molecular complexity index is 1080. The van der Waals surface area contributed by atoms with Crippen molar-refractivity contribution in [3.05, 3.63) is 82.3 Å². The molecule has 1 fully saturated rings. The zero-order valence-corrected chi connectivity index (χ0v) is 21.5. The Balaban J connectivity index is 1.72. The van der Waals surface area contributed by atoms with Crippen LogP contribution in [0.4, 0.5) is 5.69 Å². The summed E-state index contributed by atoms with van der Waals surface area (Å²) in [5, 5.41) is 5.24. The van der Waals surface area contributed by atoms with Crippen molar-refractivity contribution in [3.63, 3.8) is 0 Å². The minimum absolute atomic E-state index is 0.101. The predicted molar refractivity (Wildman–Crippen MR) is 143 cm³/mol. The number of pyridine rings is 1. The number of hydrogen-bond acceptors (Lipinski definition) is 4. The summed E-state index contributed by atoms with van der Waals surface area (Å²) >= 11 is 1.56. The number of benzene rings is 1. The first-order chi connectivity index (χ1) is 17.1. The third-order valence-electron chi connectivity index (χ3n) is 6.99. The highest BCUT2D eigenvalue weighted by molar-refractivity contribution is 7.10. The molecule has 2 amide bonds. The molecule has 0 saturated heterocycles. The Morgan fingerprint density at radius 2 is 1.83 bits per heavy atom. The number of thiophene rings is 1. The van der Waals surface area contributed by atoms with Crippen LogP contribution in [0.2, 0.25) is 0 Å². The van der Waals surface area contributed by atoms with Gasteiger partial charge in [-0.2, -0.15) is 0 Å². The molecule has 0 spiro atoms. The normalized spacial score (nSPS) is 15.8. The molecule has 5 nitrogen and oxygen atoms in total. The predicted octanol–water partition coefficient (Wildman–Crippen LogP) is 6.42. The molecule has 1 N–H and O–H groups in total. The second kappa shape index (κ2) is 12.1. The molecule has 2 atom stereocenters. The third kappa shape index (κ3) is 6.37. The molecule has 2 aromatic heterocycles. The lowest BCUT2D eigenvalue weighted by atomic mass is 9.94. The van der Waals surface area contributed by atoms with Crippen LogP contribution in [-0.2, 0) is 16.0 Å². The molecule has 184 valence electrons. The highest BCUT2D eigenvalue weighted by Crippen LogP contribution is 2.31. The number of amides is 2. The van der Waals surface area contributed by atoms with Crippen LogP contribution in [-0.4, -0.2) is 22.8 Å². The summed E-state index contributed by atoms with van der Waals surface area (Å²) in [6, 6.07) is 15.1. The van der Waals surface area contributed by atoms with Gasteiger partial charge in [-0.25, -0.2) is 0 Å². The van der Waals surface area contributed by atoms with E-state index in [1.165, 1.54) is 12.0 Å². The van der Waals surface area contributed by atoms with Gasteiger partial charge in [0.25, 0.3) is 0 Å². The maximum atomic E-state index is 13.8. The highest BCUT2D eigenvalue weighted by Gasteiger charge is 2.34. The quantitative estimate of drug-likeness (QED) is 0.377. The van der Waals surface area contributed by atoms with Crippen LogP contribution in [0.5, 0.6) is 0 Å². The first-order valence-electron chi connectivity index (χ1n) is 12.7. The van der Waals surface area contributed by atoms with E-state index in [4.69, 9.17) is 0 Å². The second-order valence-corrected chi connectivity index (χ2v) is 10.5. The van der Waals surface area contributed by atoms with Crippen molar-refractivity contribution in [1.82, 2.24) is 10.3 Å². The smallest absolute Gasteiger partial charge is 0.248 e. The van der Waals surface area contributed by atoms with Crippen molar-refractivity contribution >= 4 is 28.8 Å². The van der Waals surface area contributed by atoms with Gasteiger partial charge in [0, 0.05) is 34.6 Å². The van der Waals surface area contributed by atoms with Crippen molar-refractivity contribution in [2.75, 3.05) is 4.90 Å². The van der Waals surface area contributed by atoms with Gasteiger partial charge < -0.3 is 5.32 Å². The average Bonchev–Trinajstić information content (AvgIpc) is 3.41. The van der Waals surface area contributed by atoms with E-state index in [0.29, 0.717) is 11.5 Å². The Kier molecular flexibility index (Phi) is 8.69. The van der Waals surface area contributed by atoms with Crippen molar-refractivity contribution in [2.45, 2.75) is 76.8 Å². The molecule has 6 heteroatoms. The van der Waals surface area contributed by atoms with Crippen LogP contribution < -0.4 is 10.2 Å². The van der Waals surface area contributed by atoms with Gasteiger partial charge in [-0.1, -0.05) is 57.4 Å². The van der Waals surface area contributed by atoms with Crippen molar-refractivity contribution in [2.24, 2.45) is 0 Å². The lowest BCUT2D eigenvalue weighted by molar-refractivity contribution is -0.127. The topological polar surface area (TPSA) is 62.3 Å². The van der Waals surface area contributed by atoms with E-state index >= 15 is 0 Å². The van der Waals surface area contributed by atoms with E-state index < -0.39 is 6.04 Å². The average molecular weight is 490 g/mol. The summed E-state index contributed by atoms with van der Waals surface area (Å²) < 4.78 is 0. The van der Waals surface area contributed by atoms with Crippen LogP contribution in [0.15, 0.2) is 66.3 Å². The fourth-order valence-electron chi connectivity index (χ4n) is 4.77. The second-order valence-electron chi connectivity index (χ2n) is 9.45. The van der Waals surface area contributed by atoms with Crippen molar-refractivity contribution in [3.8, 4) is 0 Å². The van der Waals surface area contributed by atoms with E-state index in [1.807, 2.05) is 41.8 Å². The highest BCUT2D eigenvalue weighted by atomic mass is 32.1. The molecule has 1 aromatic carbocycles. The van der Waals surface area contributed by atoms with Crippen LogP contribution in [0.1, 0.15) is 80.3 Å². The molecule has 0 radical (unpaired) electrons. The van der Waals surface area contributed by atoms with Gasteiger partial charge in [0.15, 0.2) is 0 Å². The molecule has 4 rings (SSSR count). The minimum atomic E-state index is -0.785. The Morgan fingerprint density at radius 3 is 2.46 bits per heavy atom. The van der Waals surface area contributed by atoms with Gasteiger partial charge in [0.05, 0.1) is 6.42 Å². The Labute approximate surface area is 212 Å². The largest absolute Gasteiger partial charge is 0.351 e. The molecule has 1 aliphatic rings. The number of hydrogen-bond donors (Lipinski definition) is 1. The summed E-state index contributed by atoms with van der Waals surface area (Å²) in [5.41, 5.74) is 2.67. The van der Waals surface area contributed by atoms with Gasteiger partial charge in [-0.15, -0.1) is 11.3 Å². The van der Waals surface area contributed by atoms with E-state index in [0.717, 1.165) is 42.7 Å². The summed E-state index contributed by atoms with van der Waals surface area (Å²) in [6.07, 6.45) is 10.1. The standard InChI is InChI=1S/C29H35N3O2S/c1-3-21(2)22-13-15-25(16-14-22)32(27(33)19-26-12-8-18-35-26)28(23-9-7-17-30-20-23)29(34)31-24-10-5-4-6-11-24/h7-9,12-18,20-21,24,28H,3-6,10-11,19H2,1-2H3,(H,31,34)/t21-,28+/m0/s1. The molecule has 0 unspecified atom stereocenters. The fourth-order valence-corrected chi connectivity index (χ4v) is 5.46. The van der Waals surface area contributed by atoms with E-state index in [1.54, 1.807) is 28.6 Å². The summed E-state index contributed by atoms with van der Waals surface area (Å²) in [6.45, 7) is 4.37. The molecular weight excluding hydrogens is 454 g/mol. The molecule has 3 aromatic rings. The Morgan fingerprint density at radius 1 is 1.06 bits per heavy atom. The number of anilines is 1. The molecular formula is C29H35N3O2S. The molecule has 35 heavy (non-hydrogen) atoms. The Hall–Kier alpha value is -2.99. The van der Waals surface area contributed by atoms with Crippen LogP contribution >= 0.6 is 11.3 Å². The summed E-state index contributed by atoms with van der Waals surface area (Å²) in [4.78, 5) is 34.6. The van der Waals surface area contributed by atoms with Crippen molar-refractivity contribution in [1.29, 1.82) is 0 Å². The number of nitrogens with one attached hydrogen (secondary N) is 1. The zero-order valence-electron chi connectivity index (χ0n) is 20.7. The summed E-state index contributed by atoms with van der Waals surface area (Å²) in [5.74, 6) is 0.190. The first kappa shape index (κ1) is 25.1. The van der Waals surface area contributed by atoms with E-state index in [2.05, 4.69) is 36.3 Å². The molecule has 0 bridgehead atoms. The van der Waals surface area contributed by atoms with Gasteiger partial charge in [-0.3, -0.25) is 19.5 Å². The number of carbonyl (C=O) groups is 2. The maximum absolute atomic E-state index is 13.8. The third-order valence-corrected chi connectivity index (χ3v) is 7.86. The van der Waals surface area contributed by atoms with E-state index in [-0.39, 0.29) is 24.3 Å². The molecule has 1 aliphatic carbocycles. The SMILES string of the molecule is CC[C@H](C)c1ccc(N(C(=O)Cc2cccs2)[C@@H](C(=O)NC2CCCCC2)c2cccnc2)cc1. The number of aromatic nitrogens is 1. The number of carbonyl (C=O) groups excluding carboxylic acids is 2. The van der Waals surface area contributed by atoms with Crippen LogP contribution in [0.3, 0.4) is 0 Å². The van der Waals surface area contributed by atoms with Crippen LogP contribution in [0.25, 0.3) is 0 Å². The van der Waals surface area contributed by atoms with Crippen LogP contribution in [0, 0.1) is 0 Å². The number of rotatable bonds is 9. The van der Waals surface area contributed by atoms with Gasteiger partial charge in [0.1, 0.15) is 6.04 Å².